The number of anilines is 1. The molecule has 0 unspecified atom stereocenters. The van der Waals surface area contributed by atoms with E-state index in [2.05, 4.69) is 10.4 Å². The Morgan fingerprint density at radius 1 is 1.18 bits per heavy atom. The van der Waals surface area contributed by atoms with E-state index in [9.17, 15) is 4.79 Å². The Morgan fingerprint density at radius 3 is 2.94 bits per heavy atom. The van der Waals surface area contributed by atoms with Gasteiger partial charge in [-0.2, -0.15) is 0 Å². The van der Waals surface area contributed by atoms with E-state index < -0.39 is 0 Å². The van der Waals surface area contributed by atoms with Crippen LogP contribution in [0, 0.1) is 0 Å². The molecular formula is C13H13N3O. The summed E-state index contributed by atoms with van der Waals surface area (Å²) in [5, 5.41) is 2.93. The predicted octanol–water partition coefficient (Wildman–Crippen LogP) is 1.87. The Morgan fingerprint density at radius 2 is 2.06 bits per heavy atom. The molecule has 3 rings (SSSR count). The van der Waals surface area contributed by atoms with Gasteiger partial charge in [-0.05, 0) is 24.6 Å². The fraction of sp³-hybridized carbons (Fsp3) is 0.231. The van der Waals surface area contributed by atoms with Crippen molar-refractivity contribution in [3.8, 4) is 0 Å². The van der Waals surface area contributed by atoms with Crippen LogP contribution in [0.25, 0.3) is 10.9 Å². The number of benzene rings is 1. The highest BCUT2D eigenvalue weighted by atomic mass is 16.2. The number of amides is 1. The van der Waals surface area contributed by atoms with E-state index in [1.54, 1.807) is 0 Å². The second kappa shape index (κ2) is 4.05. The Kier molecular flexibility index (Phi) is 2.40. The van der Waals surface area contributed by atoms with E-state index in [1.807, 2.05) is 41.4 Å². The largest absolute Gasteiger partial charge is 0.273 e. The van der Waals surface area contributed by atoms with Gasteiger partial charge in [0.25, 0.3) is 0 Å². The van der Waals surface area contributed by atoms with Crippen molar-refractivity contribution in [1.82, 2.24) is 10.4 Å². The molecule has 17 heavy (non-hydrogen) atoms. The minimum Gasteiger partial charge on any atom is -0.273 e. The number of carbonyl (C=O) groups is 1. The van der Waals surface area contributed by atoms with Gasteiger partial charge >= 0.3 is 0 Å². The molecule has 1 aromatic carbocycles. The molecule has 0 saturated carbocycles. The molecule has 86 valence electrons. The Labute approximate surface area is 99.2 Å². The van der Waals surface area contributed by atoms with Crippen LogP contribution in [0.15, 0.2) is 36.4 Å². The summed E-state index contributed by atoms with van der Waals surface area (Å²) in [5.41, 5.74) is 3.78. The maximum atomic E-state index is 11.3. The van der Waals surface area contributed by atoms with Gasteiger partial charge in [-0.1, -0.05) is 18.2 Å². The zero-order chi connectivity index (χ0) is 11.7. The maximum absolute atomic E-state index is 11.3. The molecular weight excluding hydrogens is 214 g/mol. The van der Waals surface area contributed by atoms with E-state index in [0.29, 0.717) is 6.42 Å². The minimum atomic E-state index is 0.0613. The molecule has 0 atom stereocenters. The average Bonchev–Trinajstić information content (AvgIpc) is 2.38. The molecule has 4 nitrogen and oxygen atoms in total. The van der Waals surface area contributed by atoms with Crippen LogP contribution in [-0.2, 0) is 4.79 Å². The van der Waals surface area contributed by atoms with Gasteiger partial charge in [0.15, 0.2) is 0 Å². The van der Waals surface area contributed by atoms with E-state index in [1.165, 1.54) is 0 Å². The smallest absolute Gasteiger partial charge is 0.238 e. The van der Waals surface area contributed by atoms with Crippen molar-refractivity contribution in [2.45, 2.75) is 12.8 Å². The van der Waals surface area contributed by atoms with Crippen molar-refractivity contribution >= 4 is 22.6 Å². The first-order chi connectivity index (χ1) is 8.33. The Balaban J connectivity index is 1.97. The highest BCUT2D eigenvalue weighted by Crippen LogP contribution is 2.18. The number of carbonyl (C=O) groups excluding carboxylic acids is 1. The summed E-state index contributed by atoms with van der Waals surface area (Å²) in [6, 6.07) is 11.9. The lowest BCUT2D eigenvalue weighted by molar-refractivity contribution is -0.122. The van der Waals surface area contributed by atoms with E-state index in [4.69, 9.17) is 0 Å². The molecule has 0 bridgehead atoms. The van der Waals surface area contributed by atoms with Crippen LogP contribution in [0.4, 0.5) is 5.82 Å². The van der Waals surface area contributed by atoms with Gasteiger partial charge in [0.2, 0.25) is 5.91 Å². The normalized spacial score (nSPS) is 16.0. The summed E-state index contributed by atoms with van der Waals surface area (Å²) in [7, 11) is 0. The molecule has 1 aromatic heterocycles. The highest BCUT2D eigenvalue weighted by Gasteiger charge is 2.16. The fourth-order valence-electron chi connectivity index (χ4n) is 2.04. The molecule has 0 radical (unpaired) electrons. The molecule has 2 aromatic rings. The minimum absolute atomic E-state index is 0.0613. The summed E-state index contributed by atoms with van der Waals surface area (Å²) in [5.74, 6) is 0.864. The zero-order valence-corrected chi connectivity index (χ0v) is 9.39. The topological polar surface area (TPSA) is 45.2 Å². The van der Waals surface area contributed by atoms with Crippen LogP contribution in [0.3, 0.4) is 0 Å². The second-order valence-corrected chi connectivity index (χ2v) is 4.15. The van der Waals surface area contributed by atoms with Gasteiger partial charge in [0.05, 0.1) is 5.52 Å². The van der Waals surface area contributed by atoms with Crippen molar-refractivity contribution < 1.29 is 4.79 Å². The molecule has 1 fully saturated rings. The average molecular weight is 227 g/mol. The van der Waals surface area contributed by atoms with Gasteiger partial charge in [-0.3, -0.25) is 15.2 Å². The third-order valence-electron chi connectivity index (χ3n) is 2.91. The number of hydrogen-bond donors (Lipinski definition) is 1. The molecule has 1 saturated heterocycles. The van der Waals surface area contributed by atoms with E-state index >= 15 is 0 Å². The molecule has 1 aliphatic rings. The third-order valence-corrected chi connectivity index (χ3v) is 2.91. The number of aromatic nitrogens is 1. The molecule has 1 aliphatic heterocycles. The van der Waals surface area contributed by atoms with E-state index in [-0.39, 0.29) is 5.91 Å². The Bertz CT molecular complexity index is 567. The maximum Gasteiger partial charge on any atom is 0.238 e. The molecule has 1 N–H and O–H groups in total. The van der Waals surface area contributed by atoms with Gasteiger partial charge in [0, 0.05) is 18.4 Å². The van der Waals surface area contributed by atoms with Crippen molar-refractivity contribution in [3.63, 3.8) is 0 Å². The molecule has 0 spiro atoms. The lowest BCUT2D eigenvalue weighted by atomic mass is 10.2. The van der Waals surface area contributed by atoms with Crippen molar-refractivity contribution in [2.75, 3.05) is 11.6 Å². The standard InChI is InChI=1S/C13H13N3O/c17-13-6-3-9-16(15-13)12-8-7-10-4-1-2-5-11(10)14-12/h1-2,4-5,7-8H,3,6,9H2,(H,15,17). The first-order valence-electron chi connectivity index (χ1n) is 5.76. The first-order valence-corrected chi connectivity index (χ1v) is 5.76. The molecule has 2 heterocycles. The van der Waals surface area contributed by atoms with Gasteiger partial charge in [-0.15, -0.1) is 0 Å². The molecule has 0 aliphatic carbocycles. The first kappa shape index (κ1) is 10.1. The third kappa shape index (κ3) is 1.93. The zero-order valence-electron chi connectivity index (χ0n) is 9.39. The van der Waals surface area contributed by atoms with Crippen LogP contribution in [0.5, 0.6) is 0 Å². The van der Waals surface area contributed by atoms with E-state index in [0.717, 1.165) is 29.7 Å². The molecule has 4 heteroatoms. The summed E-state index contributed by atoms with van der Waals surface area (Å²) < 4.78 is 0. The lowest BCUT2D eigenvalue weighted by Crippen LogP contribution is -2.47. The van der Waals surface area contributed by atoms with Crippen LogP contribution < -0.4 is 10.4 Å². The number of nitrogens with zero attached hydrogens (tertiary/aromatic N) is 2. The summed E-state index contributed by atoms with van der Waals surface area (Å²) in [4.78, 5) is 15.9. The van der Waals surface area contributed by atoms with Crippen molar-refractivity contribution in [1.29, 1.82) is 0 Å². The lowest BCUT2D eigenvalue weighted by Gasteiger charge is -2.28. The number of nitrogens with one attached hydrogen (secondary N) is 1. The highest BCUT2D eigenvalue weighted by molar-refractivity contribution is 5.82. The number of hydrogen-bond acceptors (Lipinski definition) is 3. The number of fused-ring (bicyclic) bond motifs is 1. The number of para-hydroxylation sites is 1. The van der Waals surface area contributed by atoms with Crippen LogP contribution in [-0.4, -0.2) is 17.4 Å². The van der Waals surface area contributed by atoms with Crippen molar-refractivity contribution in [3.05, 3.63) is 36.4 Å². The van der Waals surface area contributed by atoms with Crippen LogP contribution >= 0.6 is 0 Å². The summed E-state index contributed by atoms with van der Waals surface area (Å²) in [6.07, 6.45) is 1.48. The van der Waals surface area contributed by atoms with Gasteiger partial charge < -0.3 is 0 Å². The number of hydrazine groups is 1. The van der Waals surface area contributed by atoms with Crippen molar-refractivity contribution in [2.24, 2.45) is 0 Å². The SMILES string of the molecule is O=C1CCCN(c2ccc3ccccc3n2)N1. The monoisotopic (exact) mass is 227 g/mol. The second-order valence-electron chi connectivity index (χ2n) is 4.15. The Hall–Kier alpha value is -2.10. The van der Waals surface area contributed by atoms with Crippen LogP contribution in [0.2, 0.25) is 0 Å². The van der Waals surface area contributed by atoms with Crippen LogP contribution in [0.1, 0.15) is 12.8 Å². The van der Waals surface area contributed by atoms with Gasteiger partial charge in [0.1, 0.15) is 5.82 Å². The summed E-state index contributed by atoms with van der Waals surface area (Å²) >= 11 is 0. The number of pyridine rings is 1. The van der Waals surface area contributed by atoms with Gasteiger partial charge in [-0.25, -0.2) is 4.98 Å². The summed E-state index contributed by atoms with van der Waals surface area (Å²) in [6.45, 7) is 0.817. The fourth-order valence-corrected chi connectivity index (χ4v) is 2.04. The molecule has 1 amide bonds. The quantitative estimate of drug-likeness (QED) is 0.808. The predicted molar refractivity (Wildman–Crippen MR) is 66.5 cm³/mol. The number of rotatable bonds is 1.